The number of rotatable bonds is 4. The van der Waals surface area contributed by atoms with E-state index in [0.717, 1.165) is 15.8 Å². The van der Waals surface area contributed by atoms with Crippen LogP contribution < -0.4 is 10.5 Å². The Bertz CT molecular complexity index is 517. The van der Waals surface area contributed by atoms with Gasteiger partial charge in [0.1, 0.15) is 12.4 Å². The van der Waals surface area contributed by atoms with E-state index < -0.39 is 0 Å². The van der Waals surface area contributed by atoms with Gasteiger partial charge in [0.15, 0.2) is 5.82 Å². The summed E-state index contributed by atoms with van der Waals surface area (Å²) in [5.41, 5.74) is 6.88. The van der Waals surface area contributed by atoms with Crippen molar-refractivity contribution in [3.8, 4) is 5.75 Å². The van der Waals surface area contributed by atoms with Gasteiger partial charge in [-0.3, -0.25) is 0 Å². The SMILES string of the molecule is CC(N)c1cc(Br)ccc1OCc1ncccn1. The van der Waals surface area contributed by atoms with E-state index in [0.29, 0.717) is 12.4 Å². The molecule has 0 aliphatic carbocycles. The maximum atomic E-state index is 5.92. The lowest BCUT2D eigenvalue weighted by atomic mass is 10.1. The molecule has 1 aromatic carbocycles. The van der Waals surface area contributed by atoms with Crippen LogP contribution in [0.15, 0.2) is 41.1 Å². The summed E-state index contributed by atoms with van der Waals surface area (Å²) in [5.74, 6) is 1.41. The topological polar surface area (TPSA) is 61.0 Å². The van der Waals surface area contributed by atoms with Crippen LogP contribution in [0.5, 0.6) is 5.75 Å². The summed E-state index contributed by atoms with van der Waals surface area (Å²) in [7, 11) is 0. The summed E-state index contributed by atoms with van der Waals surface area (Å²) in [5, 5.41) is 0. The summed E-state index contributed by atoms with van der Waals surface area (Å²) in [6, 6.07) is 7.47. The maximum Gasteiger partial charge on any atom is 0.166 e. The second kappa shape index (κ2) is 5.93. The van der Waals surface area contributed by atoms with Crippen LogP contribution in [-0.4, -0.2) is 9.97 Å². The van der Waals surface area contributed by atoms with Gasteiger partial charge in [0.25, 0.3) is 0 Å². The van der Waals surface area contributed by atoms with Crippen molar-refractivity contribution in [3.05, 3.63) is 52.5 Å². The smallest absolute Gasteiger partial charge is 0.166 e. The Morgan fingerprint density at radius 2 is 2.06 bits per heavy atom. The Morgan fingerprint density at radius 3 is 2.72 bits per heavy atom. The molecule has 0 amide bonds. The summed E-state index contributed by atoms with van der Waals surface area (Å²) in [6.07, 6.45) is 3.39. The molecule has 94 valence electrons. The molecule has 0 bridgehead atoms. The lowest BCUT2D eigenvalue weighted by molar-refractivity contribution is 0.291. The number of nitrogens with two attached hydrogens (primary N) is 1. The summed E-state index contributed by atoms with van der Waals surface area (Å²) >= 11 is 3.42. The first-order valence-electron chi connectivity index (χ1n) is 5.60. The molecule has 1 aromatic heterocycles. The van der Waals surface area contributed by atoms with Gasteiger partial charge in [-0.05, 0) is 31.2 Å². The minimum atomic E-state index is -0.0887. The van der Waals surface area contributed by atoms with Crippen LogP contribution in [0.3, 0.4) is 0 Å². The Balaban J connectivity index is 2.14. The zero-order valence-corrected chi connectivity index (χ0v) is 11.6. The highest BCUT2D eigenvalue weighted by Gasteiger charge is 2.09. The highest BCUT2D eigenvalue weighted by Crippen LogP contribution is 2.27. The van der Waals surface area contributed by atoms with E-state index in [4.69, 9.17) is 10.5 Å². The third kappa shape index (κ3) is 3.27. The van der Waals surface area contributed by atoms with Crippen molar-refractivity contribution in [3.63, 3.8) is 0 Å². The predicted octanol–water partition coefficient (Wildman–Crippen LogP) is 2.84. The minimum Gasteiger partial charge on any atom is -0.485 e. The predicted molar refractivity (Wildman–Crippen MR) is 73.1 cm³/mol. The second-order valence-electron chi connectivity index (χ2n) is 3.92. The van der Waals surface area contributed by atoms with Gasteiger partial charge in [-0.2, -0.15) is 0 Å². The summed E-state index contributed by atoms with van der Waals surface area (Å²) in [4.78, 5) is 8.22. The Morgan fingerprint density at radius 1 is 1.33 bits per heavy atom. The van der Waals surface area contributed by atoms with Crippen molar-refractivity contribution < 1.29 is 4.74 Å². The molecule has 2 aromatic rings. The maximum absolute atomic E-state index is 5.92. The van der Waals surface area contributed by atoms with E-state index in [1.165, 1.54) is 0 Å². The number of aromatic nitrogens is 2. The quantitative estimate of drug-likeness (QED) is 0.943. The van der Waals surface area contributed by atoms with Gasteiger partial charge < -0.3 is 10.5 Å². The number of ether oxygens (including phenoxy) is 1. The van der Waals surface area contributed by atoms with Crippen molar-refractivity contribution in [2.45, 2.75) is 19.6 Å². The molecule has 18 heavy (non-hydrogen) atoms. The first-order valence-corrected chi connectivity index (χ1v) is 6.40. The molecule has 5 heteroatoms. The molecule has 0 spiro atoms. The van der Waals surface area contributed by atoms with Crippen LogP contribution in [-0.2, 0) is 6.61 Å². The first kappa shape index (κ1) is 13.0. The molecule has 4 nitrogen and oxygen atoms in total. The lowest BCUT2D eigenvalue weighted by Crippen LogP contribution is -2.09. The molecular weight excluding hydrogens is 294 g/mol. The number of benzene rings is 1. The third-order valence-electron chi connectivity index (χ3n) is 2.44. The number of hydrogen-bond acceptors (Lipinski definition) is 4. The Kier molecular flexibility index (Phi) is 4.28. The van der Waals surface area contributed by atoms with Crippen LogP contribution in [0, 0.1) is 0 Å². The van der Waals surface area contributed by atoms with Crippen LogP contribution in [0.25, 0.3) is 0 Å². The second-order valence-corrected chi connectivity index (χ2v) is 4.84. The standard InChI is InChI=1S/C13H14BrN3O/c1-9(15)11-7-10(14)3-4-12(11)18-8-13-16-5-2-6-17-13/h2-7,9H,8,15H2,1H3. The zero-order chi connectivity index (χ0) is 13.0. The van der Waals surface area contributed by atoms with Crippen molar-refractivity contribution in [2.24, 2.45) is 5.73 Å². The van der Waals surface area contributed by atoms with Gasteiger partial charge in [0, 0.05) is 28.5 Å². The normalized spacial score (nSPS) is 12.2. The largest absolute Gasteiger partial charge is 0.485 e. The average Bonchev–Trinajstić information content (AvgIpc) is 2.38. The number of hydrogen-bond donors (Lipinski definition) is 1. The van der Waals surface area contributed by atoms with Gasteiger partial charge in [0.2, 0.25) is 0 Å². The molecule has 0 radical (unpaired) electrons. The van der Waals surface area contributed by atoms with E-state index in [9.17, 15) is 0 Å². The van der Waals surface area contributed by atoms with Crippen molar-refractivity contribution in [2.75, 3.05) is 0 Å². The lowest BCUT2D eigenvalue weighted by Gasteiger charge is -2.13. The van der Waals surface area contributed by atoms with Gasteiger partial charge in [-0.15, -0.1) is 0 Å². The van der Waals surface area contributed by atoms with E-state index >= 15 is 0 Å². The van der Waals surface area contributed by atoms with Gasteiger partial charge >= 0.3 is 0 Å². The zero-order valence-electron chi connectivity index (χ0n) is 10.0. The van der Waals surface area contributed by atoms with Crippen LogP contribution in [0.2, 0.25) is 0 Å². The molecular formula is C13H14BrN3O. The molecule has 2 N–H and O–H groups in total. The fourth-order valence-electron chi connectivity index (χ4n) is 1.55. The van der Waals surface area contributed by atoms with Crippen molar-refractivity contribution in [1.82, 2.24) is 9.97 Å². The van der Waals surface area contributed by atoms with Gasteiger partial charge in [-0.1, -0.05) is 15.9 Å². The molecule has 0 aliphatic heterocycles. The van der Waals surface area contributed by atoms with Gasteiger partial charge in [-0.25, -0.2) is 9.97 Å². The van der Waals surface area contributed by atoms with Crippen LogP contribution >= 0.6 is 15.9 Å². The Labute approximate surface area is 114 Å². The molecule has 1 unspecified atom stereocenters. The monoisotopic (exact) mass is 307 g/mol. The minimum absolute atomic E-state index is 0.0887. The van der Waals surface area contributed by atoms with E-state index in [1.54, 1.807) is 18.5 Å². The number of halogens is 1. The summed E-state index contributed by atoms with van der Waals surface area (Å²) in [6.45, 7) is 2.26. The molecule has 2 rings (SSSR count). The van der Waals surface area contributed by atoms with E-state index in [1.807, 2.05) is 25.1 Å². The average molecular weight is 308 g/mol. The molecule has 0 fully saturated rings. The van der Waals surface area contributed by atoms with Crippen molar-refractivity contribution >= 4 is 15.9 Å². The van der Waals surface area contributed by atoms with E-state index in [-0.39, 0.29) is 6.04 Å². The van der Waals surface area contributed by atoms with E-state index in [2.05, 4.69) is 25.9 Å². The first-order chi connectivity index (χ1) is 8.66. The number of nitrogens with zero attached hydrogens (tertiary/aromatic N) is 2. The fourth-order valence-corrected chi connectivity index (χ4v) is 1.93. The molecule has 0 saturated carbocycles. The van der Waals surface area contributed by atoms with Crippen LogP contribution in [0.1, 0.15) is 24.4 Å². The van der Waals surface area contributed by atoms with Crippen molar-refractivity contribution in [1.29, 1.82) is 0 Å². The third-order valence-corrected chi connectivity index (χ3v) is 2.93. The fraction of sp³-hybridized carbons (Fsp3) is 0.231. The molecule has 1 heterocycles. The van der Waals surface area contributed by atoms with Gasteiger partial charge in [0.05, 0.1) is 0 Å². The molecule has 0 saturated heterocycles. The Hall–Kier alpha value is -1.46. The highest BCUT2D eigenvalue weighted by molar-refractivity contribution is 9.10. The van der Waals surface area contributed by atoms with Crippen LogP contribution in [0.4, 0.5) is 0 Å². The molecule has 0 aliphatic rings. The highest BCUT2D eigenvalue weighted by atomic mass is 79.9. The summed E-state index contributed by atoms with van der Waals surface area (Å²) < 4.78 is 6.70. The molecule has 1 atom stereocenters.